The fourth-order valence-corrected chi connectivity index (χ4v) is 4.20. The number of nitriles is 1. The lowest BCUT2D eigenvalue weighted by Crippen LogP contribution is -2.31. The van der Waals surface area contributed by atoms with Crippen LogP contribution in [0.15, 0.2) is 53.1 Å². The van der Waals surface area contributed by atoms with Gasteiger partial charge in [0.2, 0.25) is 11.8 Å². The average Bonchev–Trinajstić information content (AvgIpc) is 2.73. The molecule has 3 rings (SSSR count). The van der Waals surface area contributed by atoms with Crippen molar-refractivity contribution in [3.05, 3.63) is 74.2 Å². The zero-order valence-corrected chi connectivity index (χ0v) is 18.4. The SMILES string of the molecule is N#CC1=C(SCC(=O)Nc2cc(C(F)(F)F)ccc2Cl)NC(=O)C[C@@H]1c1ccc(Cl)cc1. The molecule has 1 heterocycles. The molecule has 0 radical (unpaired) electrons. The number of carbonyl (C=O) groups excluding carboxylic acids is 2. The van der Waals surface area contributed by atoms with Crippen molar-refractivity contribution < 1.29 is 22.8 Å². The number of allylic oxidation sites excluding steroid dienone is 1. The average molecular weight is 500 g/mol. The maximum absolute atomic E-state index is 12.9. The number of amides is 2. The molecule has 0 aliphatic carbocycles. The molecule has 0 spiro atoms. The van der Waals surface area contributed by atoms with Crippen LogP contribution in [0, 0.1) is 11.3 Å². The third-order valence-electron chi connectivity index (χ3n) is 4.54. The summed E-state index contributed by atoms with van der Waals surface area (Å²) in [6.07, 6.45) is -4.53. The van der Waals surface area contributed by atoms with Gasteiger partial charge >= 0.3 is 6.18 Å². The van der Waals surface area contributed by atoms with E-state index < -0.39 is 23.6 Å². The number of alkyl halides is 3. The molecule has 5 nitrogen and oxygen atoms in total. The van der Waals surface area contributed by atoms with Gasteiger partial charge < -0.3 is 10.6 Å². The van der Waals surface area contributed by atoms with E-state index in [4.69, 9.17) is 23.2 Å². The Bertz CT molecular complexity index is 1130. The van der Waals surface area contributed by atoms with E-state index >= 15 is 0 Å². The number of benzene rings is 2. The number of carbonyl (C=O) groups is 2. The van der Waals surface area contributed by atoms with Crippen LogP contribution >= 0.6 is 35.0 Å². The van der Waals surface area contributed by atoms with Crippen LogP contribution in [0.5, 0.6) is 0 Å². The molecular formula is C21H14Cl2F3N3O2S. The highest BCUT2D eigenvalue weighted by atomic mass is 35.5. The monoisotopic (exact) mass is 499 g/mol. The lowest BCUT2D eigenvalue weighted by atomic mass is 9.87. The van der Waals surface area contributed by atoms with E-state index in [-0.39, 0.29) is 39.4 Å². The smallest absolute Gasteiger partial charge is 0.324 e. The van der Waals surface area contributed by atoms with E-state index in [0.717, 1.165) is 35.5 Å². The summed E-state index contributed by atoms with van der Waals surface area (Å²) in [7, 11) is 0. The predicted octanol–water partition coefficient (Wildman–Crippen LogP) is 5.72. The van der Waals surface area contributed by atoms with Crippen molar-refractivity contribution in [2.45, 2.75) is 18.5 Å². The molecule has 0 bridgehead atoms. The van der Waals surface area contributed by atoms with Gasteiger partial charge in [-0.05, 0) is 35.9 Å². The molecule has 166 valence electrons. The van der Waals surface area contributed by atoms with Crippen LogP contribution in [-0.4, -0.2) is 17.6 Å². The summed E-state index contributed by atoms with van der Waals surface area (Å²) in [5.41, 5.74) is -0.140. The molecule has 0 aromatic heterocycles. The van der Waals surface area contributed by atoms with Crippen molar-refractivity contribution in [3.63, 3.8) is 0 Å². The van der Waals surface area contributed by atoms with Crippen LogP contribution in [0.3, 0.4) is 0 Å². The Hall–Kier alpha value is -2.67. The Labute approximate surface area is 195 Å². The van der Waals surface area contributed by atoms with Crippen LogP contribution < -0.4 is 10.6 Å². The van der Waals surface area contributed by atoms with E-state index in [1.165, 1.54) is 0 Å². The molecule has 1 aliphatic heterocycles. The number of rotatable bonds is 5. The Morgan fingerprint density at radius 1 is 1.22 bits per heavy atom. The Morgan fingerprint density at radius 2 is 1.91 bits per heavy atom. The van der Waals surface area contributed by atoms with E-state index in [1.54, 1.807) is 24.3 Å². The van der Waals surface area contributed by atoms with Crippen molar-refractivity contribution in [1.82, 2.24) is 5.32 Å². The molecule has 0 unspecified atom stereocenters. The van der Waals surface area contributed by atoms with Gasteiger partial charge in [-0.15, -0.1) is 0 Å². The summed E-state index contributed by atoms with van der Waals surface area (Å²) in [4.78, 5) is 24.5. The molecule has 11 heteroatoms. The molecule has 2 N–H and O–H groups in total. The van der Waals surface area contributed by atoms with Crippen molar-refractivity contribution in [1.29, 1.82) is 5.26 Å². The molecule has 32 heavy (non-hydrogen) atoms. The summed E-state index contributed by atoms with van der Waals surface area (Å²) in [5.74, 6) is -1.74. The first-order valence-corrected chi connectivity index (χ1v) is 10.8. The van der Waals surface area contributed by atoms with Crippen molar-refractivity contribution >= 4 is 52.5 Å². The Morgan fingerprint density at radius 3 is 2.53 bits per heavy atom. The molecule has 0 saturated heterocycles. The standard InChI is InChI=1S/C21H14Cl2F3N3O2S/c22-13-4-1-11(2-5-13)14-8-18(30)29-20(15(14)9-27)32-10-19(31)28-17-7-12(21(24,25)26)3-6-16(17)23/h1-7,14H,8,10H2,(H,28,31)(H,29,30)/t14-/m1/s1. The molecular weight excluding hydrogens is 486 g/mol. The summed E-state index contributed by atoms with van der Waals surface area (Å²) in [6.45, 7) is 0. The molecule has 2 aromatic carbocycles. The fraction of sp³-hybridized carbons (Fsp3) is 0.190. The van der Waals surface area contributed by atoms with Gasteiger partial charge in [-0.3, -0.25) is 9.59 Å². The van der Waals surface area contributed by atoms with Crippen molar-refractivity contribution in [2.24, 2.45) is 0 Å². The number of anilines is 1. The van der Waals surface area contributed by atoms with Gasteiger partial charge in [-0.25, -0.2) is 0 Å². The molecule has 0 saturated carbocycles. The minimum Gasteiger partial charge on any atom is -0.324 e. The zero-order chi connectivity index (χ0) is 23.5. The first-order chi connectivity index (χ1) is 15.1. The molecule has 0 fully saturated rings. The van der Waals surface area contributed by atoms with Gasteiger partial charge in [0.1, 0.15) is 0 Å². The summed E-state index contributed by atoms with van der Waals surface area (Å²) < 4.78 is 38.7. The van der Waals surface area contributed by atoms with Gasteiger partial charge in [-0.1, -0.05) is 47.1 Å². The number of nitrogens with one attached hydrogen (secondary N) is 2. The molecule has 2 aromatic rings. The van der Waals surface area contributed by atoms with Gasteiger partial charge in [-0.2, -0.15) is 18.4 Å². The van der Waals surface area contributed by atoms with Crippen LogP contribution in [0.4, 0.5) is 18.9 Å². The highest BCUT2D eigenvalue weighted by Crippen LogP contribution is 2.37. The third kappa shape index (κ3) is 5.76. The highest BCUT2D eigenvalue weighted by molar-refractivity contribution is 8.03. The largest absolute Gasteiger partial charge is 0.416 e. The first kappa shape index (κ1) is 24.0. The van der Waals surface area contributed by atoms with Crippen LogP contribution in [0.25, 0.3) is 0 Å². The second-order valence-electron chi connectivity index (χ2n) is 6.74. The van der Waals surface area contributed by atoms with Gasteiger partial charge in [0.05, 0.1) is 38.7 Å². The normalized spacial score (nSPS) is 16.4. The van der Waals surface area contributed by atoms with Crippen LogP contribution in [0.1, 0.15) is 23.5 Å². The van der Waals surface area contributed by atoms with E-state index in [1.807, 2.05) is 0 Å². The lowest BCUT2D eigenvalue weighted by molar-refractivity contribution is -0.137. The number of halogens is 5. The molecule has 1 aliphatic rings. The predicted molar refractivity (Wildman–Crippen MR) is 117 cm³/mol. The number of thioether (sulfide) groups is 1. The summed E-state index contributed by atoms with van der Waals surface area (Å²) in [6, 6.07) is 11.4. The maximum atomic E-state index is 12.9. The fourth-order valence-electron chi connectivity index (χ4n) is 3.03. The van der Waals surface area contributed by atoms with Crippen LogP contribution in [-0.2, 0) is 15.8 Å². The van der Waals surface area contributed by atoms with Crippen molar-refractivity contribution in [2.75, 3.05) is 11.1 Å². The minimum absolute atomic E-state index is 0.0537. The second-order valence-corrected chi connectivity index (χ2v) is 8.57. The summed E-state index contributed by atoms with van der Waals surface area (Å²) >= 11 is 12.7. The molecule has 1 atom stereocenters. The Balaban J connectivity index is 1.76. The quantitative estimate of drug-likeness (QED) is 0.550. The number of nitrogens with zero attached hydrogens (tertiary/aromatic N) is 1. The third-order valence-corrected chi connectivity index (χ3v) is 6.14. The van der Waals surface area contributed by atoms with E-state index in [0.29, 0.717) is 5.02 Å². The van der Waals surface area contributed by atoms with Gasteiger partial charge in [0.15, 0.2) is 0 Å². The maximum Gasteiger partial charge on any atom is 0.416 e. The van der Waals surface area contributed by atoms with Gasteiger partial charge in [0.25, 0.3) is 0 Å². The number of hydrogen-bond donors (Lipinski definition) is 2. The highest BCUT2D eigenvalue weighted by Gasteiger charge is 2.32. The first-order valence-electron chi connectivity index (χ1n) is 9.07. The minimum atomic E-state index is -4.59. The zero-order valence-electron chi connectivity index (χ0n) is 16.1. The number of hydrogen-bond acceptors (Lipinski definition) is 4. The summed E-state index contributed by atoms with van der Waals surface area (Å²) in [5, 5.41) is 15.2. The second kappa shape index (κ2) is 9.86. The van der Waals surface area contributed by atoms with E-state index in [9.17, 15) is 28.0 Å². The lowest BCUT2D eigenvalue weighted by Gasteiger charge is -2.25. The van der Waals surface area contributed by atoms with E-state index in [2.05, 4.69) is 16.7 Å². The Kier molecular flexibility index (Phi) is 7.39. The topological polar surface area (TPSA) is 82.0 Å². The van der Waals surface area contributed by atoms with Gasteiger partial charge in [0, 0.05) is 17.4 Å². The van der Waals surface area contributed by atoms with Crippen LogP contribution in [0.2, 0.25) is 10.0 Å². The molecule has 2 amide bonds. The van der Waals surface area contributed by atoms with Crippen molar-refractivity contribution in [3.8, 4) is 6.07 Å².